The van der Waals surface area contributed by atoms with Crippen LogP contribution in [0.1, 0.15) is 39.0 Å². The Labute approximate surface area is 86.3 Å². The minimum absolute atomic E-state index is 0.468. The van der Waals surface area contributed by atoms with Crippen LogP contribution in [0.15, 0.2) is 0 Å². The minimum Gasteiger partial charge on any atom is -0.390 e. The first-order chi connectivity index (χ1) is 6.64. The summed E-state index contributed by atoms with van der Waals surface area (Å²) in [4.78, 5) is 2.36. The van der Waals surface area contributed by atoms with E-state index >= 15 is 0 Å². The lowest BCUT2D eigenvalue weighted by atomic mass is 9.98. The number of nitrogens with zero attached hydrogens (tertiary/aromatic N) is 2. The van der Waals surface area contributed by atoms with Gasteiger partial charge in [-0.15, -0.1) is 0 Å². The highest BCUT2D eigenvalue weighted by molar-refractivity contribution is 4.79. The zero-order valence-electron chi connectivity index (χ0n) is 9.00. The van der Waals surface area contributed by atoms with E-state index in [1.807, 2.05) is 6.92 Å². The van der Waals surface area contributed by atoms with E-state index in [1.165, 1.54) is 0 Å². The van der Waals surface area contributed by atoms with Crippen LogP contribution in [0.5, 0.6) is 0 Å². The summed E-state index contributed by atoms with van der Waals surface area (Å²) in [6, 6.07) is 2.16. The van der Waals surface area contributed by atoms with Crippen molar-refractivity contribution in [1.29, 1.82) is 5.26 Å². The summed E-state index contributed by atoms with van der Waals surface area (Å²) in [6.45, 7) is 4.97. The van der Waals surface area contributed by atoms with Gasteiger partial charge in [0.1, 0.15) is 0 Å². The normalized spacial score (nSPS) is 29.5. The van der Waals surface area contributed by atoms with Crippen LogP contribution >= 0.6 is 0 Å². The molecule has 14 heavy (non-hydrogen) atoms. The SMILES string of the molecule is CC1(O)CCCN(CCCC#N)CC1. The third-order valence-corrected chi connectivity index (χ3v) is 2.92. The van der Waals surface area contributed by atoms with Crippen LogP contribution < -0.4 is 0 Å². The molecule has 0 saturated carbocycles. The van der Waals surface area contributed by atoms with E-state index in [4.69, 9.17) is 5.26 Å². The summed E-state index contributed by atoms with van der Waals surface area (Å²) in [7, 11) is 0. The van der Waals surface area contributed by atoms with E-state index in [-0.39, 0.29) is 0 Å². The summed E-state index contributed by atoms with van der Waals surface area (Å²) in [5.41, 5.74) is -0.468. The van der Waals surface area contributed by atoms with Crippen molar-refractivity contribution in [2.75, 3.05) is 19.6 Å². The molecule has 3 heteroatoms. The molecule has 1 heterocycles. The van der Waals surface area contributed by atoms with E-state index < -0.39 is 5.60 Å². The van der Waals surface area contributed by atoms with Crippen molar-refractivity contribution in [3.63, 3.8) is 0 Å². The molecule has 1 aliphatic heterocycles. The number of likely N-dealkylation sites (tertiary alicyclic amines) is 1. The van der Waals surface area contributed by atoms with E-state index in [0.29, 0.717) is 6.42 Å². The van der Waals surface area contributed by atoms with Crippen LogP contribution in [0.3, 0.4) is 0 Å². The van der Waals surface area contributed by atoms with Crippen molar-refractivity contribution in [3.05, 3.63) is 0 Å². The molecule has 1 rings (SSSR count). The predicted octanol–water partition coefficient (Wildman–Crippen LogP) is 1.53. The molecule has 1 atom stereocenters. The zero-order valence-corrected chi connectivity index (χ0v) is 9.00. The molecule has 0 radical (unpaired) electrons. The van der Waals surface area contributed by atoms with E-state index in [2.05, 4.69) is 11.0 Å². The average Bonchev–Trinajstić information content (AvgIpc) is 2.28. The first kappa shape index (κ1) is 11.5. The van der Waals surface area contributed by atoms with Gasteiger partial charge in [-0.2, -0.15) is 5.26 Å². The van der Waals surface area contributed by atoms with Crippen LogP contribution in [0.25, 0.3) is 0 Å². The molecule has 0 amide bonds. The fraction of sp³-hybridized carbons (Fsp3) is 0.909. The first-order valence-corrected chi connectivity index (χ1v) is 5.46. The Morgan fingerprint density at radius 2 is 2.21 bits per heavy atom. The second-order valence-electron chi connectivity index (χ2n) is 4.45. The number of rotatable bonds is 3. The molecule has 80 valence electrons. The van der Waals surface area contributed by atoms with Crippen LogP contribution in [-0.4, -0.2) is 35.2 Å². The van der Waals surface area contributed by atoms with Gasteiger partial charge in [0.15, 0.2) is 0 Å². The second-order valence-corrected chi connectivity index (χ2v) is 4.45. The van der Waals surface area contributed by atoms with E-state index in [9.17, 15) is 5.11 Å². The molecule has 1 saturated heterocycles. The highest BCUT2D eigenvalue weighted by atomic mass is 16.3. The quantitative estimate of drug-likeness (QED) is 0.696. The molecule has 0 aromatic heterocycles. The molecule has 0 bridgehead atoms. The maximum absolute atomic E-state index is 9.86. The largest absolute Gasteiger partial charge is 0.390 e. The number of unbranched alkanes of at least 4 members (excludes halogenated alkanes) is 1. The lowest BCUT2D eigenvalue weighted by Gasteiger charge is -2.21. The fourth-order valence-corrected chi connectivity index (χ4v) is 1.92. The molecule has 1 aliphatic rings. The maximum Gasteiger partial charge on any atom is 0.0632 e. The van der Waals surface area contributed by atoms with Crippen molar-refractivity contribution in [1.82, 2.24) is 4.90 Å². The highest BCUT2D eigenvalue weighted by Gasteiger charge is 2.24. The van der Waals surface area contributed by atoms with Crippen molar-refractivity contribution < 1.29 is 5.11 Å². The van der Waals surface area contributed by atoms with Crippen molar-refractivity contribution in [2.45, 2.75) is 44.6 Å². The topological polar surface area (TPSA) is 47.3 Å². The Hall–Kier alpha value is -0.590. The Morgan fingerprint density at radius 1 is 1.43 bits per heavy atom. The Balaban J connectivity index is 2.25. The van der Waals surface area contributed by atoms with Gasteiger partial charge >= 0.3 is 0 Å². The number of nitriles is 1. The van der Waals surface area contributed by atoms with E-state index in [0.717, 1.165) is 45.3 Å². The molecule has 0 spiro atoms. The highest BCUT2D eigenvalue weighted by Crippen LogP contribution is 2.21. The predicted molar refractivity (Wildman–Crippen MR) is 55.8 cm³/mol. The number of hydrogen-bond acceptors (Lipinski definition) is 3. The van der Waals surface area contributed by atoms with Gasteiger partial charge in [0.25, 0.3) is 0 Å². The molecule has 1 unspecified atom stereocenters. The third-order valence-electron chi connectivity index (χ3n) is 2.92. The van der Waals surface area contributed by atoms with Crippen molar-refractivity contribution in [3.8, 4) is 6.07 Å². The van der Waals surface area contributed by atoms with Gasteiger partial charge in [-0.1, -0.05) is 0 Å². The molecule has 0 aromatic carbocycles. The van der Waals surface area contributed by atoms with Crippen LogP contribution in [0.2, 0.25) is 0 Å². The summed E-state index contributed by atoms with van der Waals surface area (Å²) in [6.07, 6.45) is 4.44. The molecule has 1 fully saturated rings. The molecule has 0 aliphatic carbocycles. The Bertz CT molecular complexity index is 208. The molecular weight excluding hydrogens is 176 g/mol. The molecule has 3 nitrogen and oxygen atoms in total. The summed E-state index contributed by atoms with van der Waals surface area (Å²) < 4.78 is 0. The minimum atomic E-state index is -0.468. The van der Waals surface area contributed by atoms with Crippen molar-refractivity contribution in [2.24, 2.45) is 0 Å². The molecular formula is C11H20N2O. The lowest BCUT2D eigenvalue weighted by molar-refractivity contribution is 0.0446. The fourth-order valence-electron chi connectivity index (χ4n) is 1.92. The van der Waals surface area contributed by atoms with E-state index in [1.54, 1.807) is 0 Å². The summed E-state index contributed by atoms with van der Waals surface area (Å²) >= 11 is 0. The van der Waals surface area contributed by atoms with Crippen LogP contribution in [0.4, 0.5) is 0 Å². The van der Waals surface area contributed by atoms with Gasteiger partial charge < -0.3 is 10.0 Å². The van der Waals surface area contributed by atoms with Gasteiger partial charge in [-0.05, 0) is 45.7 Å². The number of hydrogen-bond donors (Lipinski definition) is 1. The zero-order chi connectivity index (χ0) is 10.4. The first-order valence-electron chi connectivity index (χ1n) is 5.46. The second kappa shape index (κ2) is 5.33. The van der Waals surface area contributed by atoms with Gasteiger partial charge in [0.05, 0.1) is 11.7 Å². The Kier molecular flexibility index (Phi) is 4.37. The lowest BCUT2D eigenvalue weighted by Crippen LogP contribution is -2.29. The summed E-state index contributed by atoms with van der Waals surface area (Å²) in [5.74, 6) is 0. The monoisotopic (exact) mass is 196 g/mol. The third kappa shape index (κ3) is 4.08. The average molecular weight is 196 g/mol. The molecule has 0 aromatic rings. The van der Waals surface area contributed by atoms with Gasteiger partial charge in [0, 0.05) is 13.0 Å². The van der Waals surface area contributed by atoms with Crippen LogP contribution in [-0.2, 0) is 0 Å². The van der Waals surface area contributed by atoms with Gasteiger partial charge in [-0.25, -0.2) is 0 Å². The molecule has 1 N–H and O–H groups in total. The standard InChI is InChI=1S/C11H20N2O/c1-11(14)5-4-9-13(10-6-11)8-3-2-7-12/h14H,2-6,8-10H2,1H3. The van der Waals surface area contributed by atoms with Crippen LogP contribution in [0, 0.1) is 11.3 Å². The van der Waals surface area contributed by atoms with Gasteiger partial charge in [0.2, 0.25) is 0 Å². The smallest absolute Gasteiger partial charge is 0.0632 e. The summed E-state index contributed by atoms with van der Waals surface area (Å²) in [5, 5.41) is 18.3. The Morgan fingerprint density at radius 3 is 2.93 bits per heavy atom. The van der Waals surface area contributed by atoms with Crippen molar-refractivity contribution >= 4 is 0 Å². The van der Waals surface area contributed by atoms with Gasteiger partial charge in [-0.3, -0.25) is 0 Å². The number of aliphatic hydroxyl groups is 1. The maximum atomic E-state index is 9.86.